The van der Waals surface area contributed by atoms with E-state index in [0.29, 0.717) is 29.6 Å². The van der Waals surface area contributed by atoms with Crippen LogP contribution in [-0.2, 0) is 6.42 Å². The number of oxazole rings is 1. The summed E-state index contributed by atoms with van der Waals surface area (Å²) in [5, 5.41) is 0.706. The molecule has 0 unspecified atom stereocenters. The minimum absolute atomic E-state index is 0.130. The molecule has 0 N–H and O–H groups in total. The zero-order valence-corrected chi connectivity index (χ0v) is 16.4. The van der Waals surface area contributed by atoms with Crippen LogP contribution in [0, 0.1) is 6.92 Å². The molecule has 7 heteroatoms. The average Bonchev–Trinajstić information content (AvgIpc) is 3.18. The van der Waals surface area contributed by atoms with Crippen molar-refractivity contribution in [3.63, 3.8) is 0 Å². The van der Waals surface area contributed by atoms with E-state index in [0.717, 1.165) is 36.3 Å². The molecule has 1 amide bonds. The summed E-state index contributed by atoms with van der Waals surface area (Å²) < 4.78 is 6.02. The van der Waals surface area contributed by atoms with Crippen molar-refractivity contribution in [2.75, 3.05) is 6.54 Å². The van der Waals surface area contributed by atoms with Gasteiger partial charge in [-0.3, -0.25) is 9.78 Å². The van der Waals surface area contributed by atoms with Crippen molar-refractivity contribution in [1.29, 1.82) is 0 Å². The van der Waals surface area contributed by atoms with E-state index < -0.39 is 0 Å². The van der Waals surface area contributed by atoms with E-state index in [1.807, 2.05) is 31.2 Å². The van der Waals surface area contributed by atoms with Gasteiger partial charge in [-0.15, -0.1) is 0 Å². The van der Waals surface area contributed by atoms with Crippen LogP contribution in [0.3, 0.4) is 0 Å². The van der Waals surface area contributed by atoms with Crippen LogP contribution >= 0.6 is 11.6 Å². The standard InChI is InChI=1S/C21H21ClN4O2/c1-14-11-24-18(13-23-14)21(27)26-9-3-2-4-19(26)20-25-12-17(28-20)10-15-5-7-16(22)8-6-15/h5-8,11-13,19H,2-4,9-10H2,1H3/t19-/m0/s1. The summed E-state index contributed by atoms with van der Waals surface area (Å²) in [6, 6.07) is 7.48. The first-order chi connectivity index (χ1) is 13.6. The first-order valence-electron chi connectivity index (χ1n) is 9.39. The Kier molecular flexibility index (Phi) is 5.39. The molecule has 3 aromatic rings. The zero-order valence-electron chi connectivity index (χ0n) is 15.6. The normalized spacial score (nSPS) is 16.9. The molecule has 28 heavy (non-hydrogen) atoms. The molecule has 0 radical (unpaired) electrons. The largest absolute Gasteiger partial charge is 0.443 e. The molecule has 0 spiro atoms. The van der Waals surface area contributed by atoms with Gasteiger partial charge in [0.2, 0.25) is 5.89 Å². The Morgan fingerprint density at radius 3 is 2.71 bits per heavy atom. The molecular formula is C21H21ClN4O2. The third-order valence-electron chi connectivity index (χ3n) is 4.91. The Hall–Kier alpha value is -2.73. The summed E-state index contributed by atoms with van der Waals surface area (Å²) in [6.45, 7) is 2.51. The van der Waals surface area contributed by atoms with Gasteiger partial charge in [-0.25, -0.2) is 9.97 Å². The van der Waals surface area contributed by atoms with Gasteiger partial charge >= 0.3 is 0 Å². The Balaban J connectivity index is 1.53. The SMILES string of the molecule is Cc1cnc(C(=O)N2CCCC[C@H]2c2ncc(Cc3ccc(Cl)cc3)o2)cn1. The third kappa shape index (κ3) is 4.07. The fourth-order valence-corrected chi connectivity index (χ4v) is 3.57. The molecule has 4 rings (SSSR count). The first-order valence-corrected chi connectivity index (χ1v) is 9.76. The lowest BCUT2D eigenvalue weighted by Crippen LogP contribution is -2.39. The second-order valence-corrected chi connectivity index (χ2v) is 7.46. The quantitative estimate of drug-likeness (QED) is 0.654. The maximum atomic E-state index is 13.0. The summed E-state index contributed by atoms with van der Waals surface area (Å²) in [7, 11) is 0. The summed E-state index contributed by atoms with van der Waals surface area (Å²) in [4.78, 5) is 27.7. The second-order valence-electron chi connectivity index (χ2n) is 7.02. The lowest BCUT2D eigenvalue weighted by molar-refractivity contribution is 0.0563. The van der Waals surface area contributed by atoms with Crippen molar-refractivity contribution in [3.8, 4) is 0 Å². The number of halogens is 1. The molecule has 0 saturated carbocycles. The van der Waals surface area contributed by atoms with Crippen LogP contribution in [-0.4, -0.2) is 32.3 Å². The number of piperidine rings is 1. The van der Waals surface area contributed by atoms with Crippen molar-refractivity contribution >= 4 is 17.5 Å². The highest BCUT2D eigenvalue weighted by Gasteiger charge is 2.32. The number of benzene rings is 1. The van der Waals surface area contributed by atoms with Crippen LogP contribution in [0.2, 0.25) is 5.02 Å². The van der Waals surface area contributed by atoms with Crippen LogP contribution in [0.15, 0.2) is 47.3 Å². The van der Waals surface area contributed by atoms with E-state index >= 15 is 0 Å². The number of likely N-dealkylation sites (tertiary alicyclic amines) is 1. The molecule has 2 aromatic heterocycles. The second kappa shape index (κ2) is 8.10. The van der Waals surface area contributed by atoms with Gasteiger partial charge in [0.05, 0.1) is 18.1 Å². The van der Waals surface area contributed by atoms with E-state index in [1.54, 1.807) is 17.3 Å². The van der Waals surface area contributed by atoms with Gasteiger partial charge in [0.15, 0.2) is 0 Å². The minimum Gasteiger partial charge on any atom is -0.443 e. The smallest absolute Gasteiger partial charge is 0.274 e. The van der Waals surface area contributed by atoms with Gasteiger partial charge < -0.3 is 9.32 Å². The van der Waals surface area contributed by atoms with Crippen molar-refractivity contribution in [3.05, 3.63) is 76.5 Å². The predicted octanol–water partition coefficient (Wildman–Crippen LogP) is 4.38. The number of carbonyl (C=O) groups is 1. The van der Waals surface area contributed by atoms with Crippen LogP contribution in [0.1, 0.15) is 58.7 Å². The van der Waals surface area contributed by atoms with E-state index in [4.69, 9.17) is 16.0 Å². The van der Waals surface area contributed by atoms with Gasteiger partial charge in [0, 0.05) is 24.2 Å². The summed E-state index contributed by atoms with van der Waals surface area (Å²) in [6.07, 6.45) is 8.34. The number of aromatic nitrogens is 3. The number of carbonyl (C=O) groups excluding carboxylic acids is 1. The fourth-order valence-electron chi connectivity index (χ4n) is 3.44. The van der Waals surface area contributed by atoms with Gasteiger partial charge in [-0.05, 0) is 43.9 Å². The number of hydrogen-bond acceptors (Lipinski definition) is 5. The number of aryl methyl sites for hydroxylation is 1. The number of rotatable bonds is 4. The average molecular weight is 397 g/mol. The van der Waals surface area contributed by atoms with Crippen LogP contribution in [0.5, 0.6) is 0 Å². The van der Waals surface area contributed by atoms with Crippen molar-refractivity contribution in [1.82, 2.24) is 19.9 Å². The van der Waals surface area contributed by atoms with Gasteiger partial charge in [-0.1, -0.05) is 23.7 Å². The van der Waals surface area contributed by atoms with Crippen molar-refractivity contribution < 1.29 is 9.21 Å². The Morgan fingerprint density at radius 2 is 1.96 bits per heavy atom. The molecule has 1 saturated heterocycles. The lowest BCUT2D eigenvalue weighted by Gasteiger charge is -2.33. The Morgan fingerprint density at radius 1 is 1.14 bits per heavy atom. The Labute approximate surface area is 168 Å². The molecule has 1 atom stereocenters. The molecule has 1 aliphatic rings. The van der Waals surface area contributed by atoms with Gasteiger partial charge in [0.1, 0.15) is 17.5 Å². The molecule has 1 aromatic carbocycles. The molecular weight excluding hydrogens is 376 g/mol. The number of amides is 1. The third-order valence-corrected chi connectivity index (χ3v) is 5.16. The van der Waals surface area contributed by atoms with E-state index in [2.05, 4.69) is 15.0 Å². The highest BCUT2D eigenvalue weighted by Crippen LogP contribution is 2.32. The molecule has 1 fully saturated rings. The Bertz CT molecular complexity index is 953. The first kappa shape index (κ1) is 18.6. The number of hydrogen-bond donors (Lipinski definition) is 0. The van der Waals surface area contributed by atoms with Crippen molar-refractivity contribution in [2.45, 2.75) is 38.6 Å². The fraction of sp³-hybridized carbons (Fsp3) is 0.333. The molecule has 0 aliphatic carbocycles. The summed E-state index contributed by atoms with van der Waals surface area (Å²) in [5.74, 6) is 1.22. The van der Waals surface area contributed by atoms with E-state index in [9.17, 15) is 4.79 Å². The lowest BCUT2D eigenvalue weighted by atomic mass is 10.0. The van der Waals surface area contributed by atoms with Gasteiger partial charge in [0.25, 0.3) is 5.91 Å². The van der Waals surface area contributed by atoms with Gasteiger partial charge in [-0.2, -0.15) is 0 Å². The maximum absolute atomic E-state index is 13.0. The topological polar surface area (TPSA) is 72.1 Å². The highest BCUT2D eigenvalue weighted by atomic mass is 35.5. The predicted molar refractivity (Wildman–Crippen MR) is 105 cm³/mol. The van der Waals surface area contributed by atoms with Crippen LogP contribution in [0.4, 0.5) is 0 Å². The van der Waals surface area contributed by atoms with Crippen LogP contribution in [0.25, 0.3) is 0 Å². The van der Waals surface area contributed by atoms with Crippen LogP contribution < -0.4 is 0 Å². The molecule has 0 bridgehead atoms. The molecule has 3 heterocycles. The monoisotopic (exact) mass is 396 g/mol. The van der Waals surface area contributed by atoms with Crippen molar-refractivity contribution in [2.24, 2.45) is 0 Å². The molecule has 1 aliphatic heterocycles. The molecule has 6 nitrogen and oxygen atoms in total. The minimum atomic E-state index is -0.177. The number of nitrogens with zero attached hydrogens (tertiary/aromatic N) is 4. The zero-order chi connectivity index (χ0) is 19.5. The summed E-state index contributed by atoms with van der Waals surface area (Å²) in [5.41, 5.74) is 2.23. The summed E-state index contributed by atoms with van der Waals surface area (Å²) >= 11 is 5.94. The van der Waals surface area contributed by atoms with E-state index in [-0.39, 0.29) is 11.9 Å². The maximum Gasteiger partial charge on any atom is 0.274 e. The molecule has 144 valence electrons. The van der Waals surface area contributed by atoms with E-state index in [1.165, 1.54) is 6.20 Å². The highest BCUT2D eigenvalue weighted by molar-refractivity contribution is 6.30.